The number of halogens is 2. The van der Waals surface area contributed by atoms with Crippen LogP contribution in [0.3, 0.4) is 0 Å². The zero-order chi connectivity index (χ0) is 14.3. The number of alkyl halides is 1. The lowest BCUT2D eigenvalue weighted by Gasteiger charge is -2.10. The van der Waals surface area contributed by atoms with Gasteiger partial charge in [-0.05, 0) is 26.0 Å². The molecule has 0 saturated heterocycles. The van der Waals surface area contributed by atoms with Gasteiger partial charge in [-0.25, -0.2) is 4.68 Å². The van der Waals surface area contributed by atoms with Gasteiger partial charge in [-0.2, -0.15) is 5.10 Å². The molecule has 0 aliphatic carbocycles. The molecule has 102 valence electrons. The van der Waals surface area contributed by atoms with Gasteiger partial charge in [-0.3, -0.25) is 4.98 Å². The second-order valence-electron chi connectivity index (χ2n) is 4.68. The van der Waals surface area contributed by atoms with Gasteiger partial charge in [0.05, 0.1) is 39.2 Å². The fraction of sp³-hybridized carbons (Fsp3) is 0.200. The van der Waals surface area contributed by atoms with E-state index >= 15 is 0 Å². The lowest BCUT2D eigenvalue weighted by atomic mass is 10.1. The highest BCUT2D eigenvalue weighted by molar-refractivity contribution is 6.31. The molecule has 0 N–H and O–H groups in total. The third kappa shape index (κ3) is 2.07. The molecule has 5 heteroatoms. The van der Waals surface area contributed by atoms with E-state index in [-0.39, 0.29) is 0 Å². The van der Waals surface area contributed by atoms with Crippen LogP contribution in [0, 0.1) is 13.8 Å². The first-order valence-electron chi connectivity index (χ1n) is 6.28. The molecule has 0 fully saturated rings. The Bertz CT molecular complexity index is 793. The SMILES string of the molecule is Cc1nn(-c2cc(CCl)nc3ccccc23)c(C)c1Cl. The van der Waals surface area contributed by atoms with Crippen molar-refractivity contribution in [1.29, 1.82) is 0 Å². The maximum Gasteiger partial charge on any atom is 0.0848 e. The Kier molecular flexibility index (Phi) is 3.40. The Hall–Kier alpha value is -1.58. The largest absolute Gasteiger partial charge is 0.251 e. The normalized spacial score (nSPS) is 11.2. The van der Waals surface area contributed by atoms with E-state index in [0.717, 1.165) is 33.7 Å². The highest BCUT2D eigenvalue weighted by Gasteiger charge is 2.14. The van der Waals surface area contributed by atoms with Crippen LogP contribution in [0.25, 0.3) is 16.6 Å². The third-order valence-corrected chi connectivity index (χ3v) is 4.14. The van der Waals surface area contributed by atoms with E-state index in [1.165, 1.54) is 0 Å². The summed E-state index contributed by atoms with van der Waals surface area (Å²) in [7, 11) is 0. The molecule has 0 spiro atoms. The van der Waals surface area contributed by atoms with Crippen molar-refractivity contribution in [3.8, 4) is 5.69 Å². The first-order chi connectivity index (χ1) is 9.61. The molecule has 0 amide bonds. The van der Waals surface area contributed by atoms with Crippen molar-refractivity contribution in [2.24, 2.45) is 0 Å². The molecule has 0 unspecified atom stereocenters. The Labute approximate surface area is 127 Å². The monoisotopic (exact) mass is 305 g/mol. The van der Waals surface area contributed by atoms with Gasteiger partial charge in [-0.15, -0.1) is 11.6 Å². The van der Waals surface area contributed by atoms with Crippen LogP contribution in [0.4, 0.5) is 0 Å². The van der Waals surface area contributed by atoms with Gasteiger partial charge in [-0.1, -0.05) is 29.8 Å². The van der Waals surface area contributed by atoms with Crippen LogP contribution in [-0.4, -0.2) is 14.8 Å². The van der Waals surface area contributed by atoms with E-state index in [1.54, 1.807) is 0 Å². The van der Waals surface area contributed by atoms with E-state index in [2.05, 4.69) is 10.1 Å². The zero-order valence-electron chi connectivity index (χ0n) is 11.2. The molecule has 1 aromatic carbocycles. The average molecular weight is 306 g/mol. The van der Waals surface area contributed by atoms with E-state index < -0.39 is 0 Å². The van der Waals surface area contributed by atoms with Crippen LogP contribution >= 0.6 is 23.2 Å². The summed E-state index contributed by atoms with van der Waals surface area (Å²) in [6, 6.07) is 9.92. The zero-order valence-corrected chi connectivity index (χ0v) is 12.7. The Morgan fingerprint density at radius 3 is 2.60 bits per heavy atom. The number of rotatable bonds is 2. The number of pyridine rings is 1. The van der Waals surface area contributed by atoms with Crippen molar-refractivity contribution < 1.29 is 0 Å². The summed E-state index contributed by atoms with van der Waals surface area (Å²) in [6.07, 6.45) is 0. The molecular formula is C15H13Cl2N3. The molecule has 0 radical (unpaired) electrons. The fourth-order valence-electron chi connectivity index (χ4n) is 2.31. The minimum absolute atomic E-state index is 0.366. The summed E-state index contributed by atoms with van der Waals surface area (Å²) in [6.45, 7) is 3.86. The van der Waals surface area contributed by atoms with Gasteiger partial charge in [0.1, 0.15) is 0 Å². The van der Waals surface area contributed by atoms with E-state index in [0.29, 0.717) is 10.9 Å². The first kappa shape index (κ1) is 13.4. The van der Waals surface area contributed by atoms with Gasteiger partial charge < -0.3 is 0 Å². The highest BCUT2D eigenvalue weighted by atomic mass is 35.5. The average Bonchev–Trinajstić information content (AvgIpc) is 2.73. The van der Waals surface area contributed by atoms with Crippen molar-refractivity contribution in [3.63, 3.8) is 0 Å². The molecular weight excluding hydrogens is 293 g/mol. The molecule has 20 heavy (non-hydrogen) atoms. The molecule has 0 saturated carbocycles. The number of hydrogen-bond donors (Lipinski definition) is 0. The number of fused-ring (bicyclic) bond motifs is 1. The predicted octanol–water partition coefficient (Wildman–Crippen LogP) is 4.43. The van der Waals surface area contributed by atoms with E-state index in [9.17, 15) is 0 Å². The number of hydrogen-bond acceptors (Lipinski definition) is 2. The molecule has 3 aromatic rings. The van der Waals surface area contributed by atoms with Crippen molar-refractivity contribution in [2.45, 2.75) is 19.7 Å². The Balaban J connectivity index is 2.37. The van der Waals surface area contributed by atoms with E-state index in [4.69, 9.17) is 23.2 Å². The molecule has 2 aromatic heterocycles. The van der Waals surface area contributed by atoms with Crippen LogP contribution in [-0.2, 0) is 5.88 Å². The summed E-state index contributed by atoms with van der Waals surface area (Å²) in [5.74, 6) is 0.366. The number of benzene rings is 1. The molecule has 0 bridgehead atoms. The molecule has 3 rings (SSSR count). The lowest BCUT2D eigenvalue weighted by Crippen LogP contribution is -2.02. The van der Waals surface area contributed by atoms with Crippen molar-refractivity contribution in [1.82, 2.24) is 14.8 Å². The van der Waals surface area contributed by atoms with E-state index in [1.807, 2.05) is 48.9 Å². The summed E-state index contributed by atoms with van der Waals surface area (Å²) >= 11 is 12.2. The lowest BCUT2D eigenvalue weighted by molar-refractivity contribution is 0.836. The summed E-state index contributed by atoms with van der Waals surface area (Å²) < 4.78 is 1.86. The quantitative estimate of drug-likeness (QED) is 0.656. The van der Waals surface area contributed by atoms with Crippen LogP contribution in [0.1, 0.15) is 17.1 Å². The molecule has 2 heterocycles. The second kappa shape index (κ2) is 5.08. The summed E-state index contributed by atoms with van der Waals surface area (Å²) in [5, 5.41) is 6.24. The van der Waals surface area contributed by atoms with Gasteiger partial charge in [0.25, 0.3) is 0 Å². The van der Waals surface area contributed by atoms with Crippen molar-refractivity contribution in [3.05, 3.63) is 52.4 Å². The topological polar surface area (TPSA) is 30.7 Å². The Morgan fingerprint density at radius 1 is 1.20 bits per heavy atom. The molecule has 0 aliphatic heterocycles. The van der Waals surface area contributed by atoms with Gasteiger partial charge in [0.15, 0.2) is 0 Å². The number of nitrogens with zero attached hydrogens (tertiary/aromatic N) is 3. The number of para-hydroxylation sites is 1. The van der Waals surface area contributed by atoms with Crippen LogP contribution < -0.4 is 0 Å². The Morgan fingerprint density at radius 2 is 1.95 bits per heavy atom. The van der Waals surface area contributed by atoms with Crippen LogP contribution in [0.2, 0.25) is 5.02 Å². The predicted molar refractivity (Wildman–Crippen MR) is 82.9 cm³/mol. The van der Waals surface area contributed by atoms with Crippen LogP contribution in [0.15, 0.2) is 30.3 Å². The molecule has 0 atom stereocenters. The maximum absolute atomic E-state index is 6.25. The third-order valence-electron chi connectivity index (χ3n) is 3.32. The first-order valence-corrected chi connectivity index (χ1v) is 7.20. The fourth-order valence-corrected chi connectivity index (χ4v) is 2.57. The van der Waals surface area contributed by atoms with Crippen LogP contribution in [0.5, 0.6) is 0 Å². The van der Waals surface area contributed by atoms with Gasteiger partial charge >= 0.3 is 0 Å². The highest BCUT2D eigenvalue weighted by Crippen LogP contribution is 2.27. The standard InChI is InChI=1S/C15H13Cl2N3/c1-9-15(17)10(2)20(19-9)14-7-11(8-16)18-13-6-4-3-5-12(13)14/h3-7H,8H2,1-2H3. The minimum atomic E-state index is 0.366. The van der Waals surface area contributed by atoms with Gasteiger partial charge in [0.2, 0.25) is 0 Å². The van der Waals surface area contributed by atoms with Crippen molar-refractivity contribution >= 4 is 34.1 Å². The summed E-state index contributed by atoms with van der Waals surface area (Å²) in [4.78, 5) is 4.53. The molecule has 0 aliphatic rings. The van der Waals surface area contributed by atoms with Crippen molar-refractivity contribution in [2.75, 3.05) is 0 Å². The smallest absolute Gasteiger partial charge is 0.0848 e. The number of aryl methyl sites for hydroxylation is 1. The summed E-state index contributed by atoms with van der Waals surface area (Å²) in [5.41, 5.74) is 4.42. The molecule has 3 nitrogen and oxygen atoms in total. The number of aromatic nitrogens is 3. The second-order valence-corrected chi connectivity index (χ2v) is 5.33. The maximum atomic E-state index is 6.25. The van der Waals surface area contributed by atoms with Gasteiger partial charge in [0, 0.05) is 5.39 Å². The minimum Gasteiger partial charge on any atom is -0.251 e.